The van der Waals surface area contributed by atoms with Gasteiger partial charge in [0.25, 0.3) is 5.91 Å². The topological polar surface area (TPSA) is 89.7 Å². The van der Waals surface area contributed by atoms with Crippen LogP contribution in [0.4, 0.5) is 5.13 Å². The number of carbonyl (C=O) groups is 1. The molecule has 0 unspecified atom stereocenters. The molecule has 0 bridgehead atoms. The number of sulfone groups is 1. The first-order chi connectivity index (χ1) is 14.9. The fraction of sp³-hybridized carbons (Fsp3) is 0.182. The number of nitrogens with zero attached hydrogens (tertiary/aromatic N) is 2. The minimum Gasteiger partial charge on any atom is -0.497 e. The summed E-state index contributed by atoms with van der Waals surface area (Å²) < 4.78 is 36.8. The van der Waals surface area contributed by atoms with Crippen LogP contribution in [-0.4, -0.2) is 32.2 Å². The van der Waals surface area contributed by atoms with E-state index in [1.165, 1.54) is 34.6 Å². The van der Waals surface area contributed by atoms with E-state index in [9.17, 15) is 13.2 Å². The van der Waals surface area contributed by atoms with Crippen molar-refractivity contribution >= 4 is 42.4 Å². The van der Waals surface area contributed by atoms with Gasteiger partial charge in [-0.05, 0) is 36.4 Å². The van der Waals surface area contributed by atoms with Crippen LogP contribution in [-0.2, 0) is 16.4 Å². The van der Waals surface area contributed by atoms with Gasteiger partial charge in [0.1, 0.15) is 11.5 Å². The predicted octanol–water partition coefficient (Wildman–Crippen LogP) is 4.54. The first-order valence-corrected chi connectivity index (χ1v) is 12.0. The van der Waals surface area contributed by atoms with Gasteiger partial charge in [-0.15, -0.1) is 0 Å². The molecule has 0 fully saturated rings. The number of hydrogen-bond acceptors (Lipinski definition) is 7. The molecule has 2 aromatic heterocycles. The Balaban J connectivity index is 1.82. The van der Waals surface area contributed by atoms with Gasteiger partial charge in [0.2, 0.25) is 0 Å². The molecule has 7 nitrogen and oxygen atoms in total. The summed E-state index contributed by atoms with van der Waals surface area (Å²) in [6.07, 6.45) is 1.52. The first kappa shape index (κ1) is 21.1. The molecule has 160 valence electrons. The number of furan rings is 1. The lowest BCUT2D eigenvalue weighted by Gasteiger charge is -2.20. The van der Waals surface area contributed by atoms with Gasteiger partial charge in [-0.3, -0.25) is 9.69 Å². The Morgan fingerprint density at radius 1 is 1.16 bits per heavy atom. The summed E-state index contributed by atoms with van der Waals surface area (Å²) in [5, 5.41) is 0.438. The van der Waals surface area contributed by atoms with Crippen LogP contribution in [0.5, 0.6) is 5.75 Å². The van der Waals surface area contributed by atoms with Crippen LogP contribution in [0.25, 0.3) is 10.2 Å². The van der Waals surface area contributed by atoms with E-state index in [1.807, 2.05) is 12.1 Å². The molecule has 0 spiro atoms. The largest absolute Gasteiger partial charge is 0.497 e. The van der Waals surface area contributed by atoms with Crippen molar-refractivity contribution in [2.75, 3.05) is 17.8 Å². The third-order valence-corrected chi connectivity index (χ3v) is 7.63. The molecule has 0 atom stereocenters. The molecule has 2 aromatic carbocycles. The summed E-state index contributed by atoms with van der Waals surface area (Å²) in [6.45, 7) is 1.67. The zero-order chi connectivity index (χ0) is 22.0. The maximum Gasteiger partial charge on any atom is 0.261 e. The van der Waals surface area contributed by atoms with Crippen molar-refractivity contribution < 1.29 is 22.4 Å². The van der Waals surface area contributed by atoms with Crippen LogP contribution in [0, 0.1) is 0 Å². The summed E-state index contributed by atoms with van der Waals surface area (Å²) in [5.41, 5.74) is 0.791. The lowest BCUT2D eigenvalue weighted by Crippen LogP contribution is -2.31. The number of fused-ring (bicyclic) bond motifs is 1. The number of rotatable bonds is 7. The van der Waals surface area contributed by atoms with Crippen molar-refractivity contribution in [2.24, 2.45) is 0 Å². The molecule has 2 heterocycles. The van der Waals surface area contributed by atoms with E-state index in [-0.39, 0.29) is 22.8 Å². The maximum absolute atomic E-state index is 13.6. The number of aromatic nitrogens is 1. The van der Waals surface area contributed by atoms with Crippen LogP contribution in [0.3, 0.4) is 0 Å². The molecule has 1 amide bonds. The molecule has 0 aliphatic rings. The maximum atomic E-state index is 13.6. The second kappa shape index (κ2) is 8.52. The number of hydrogen-bond donors (Lipinski definition) is 0. The Hall–Kier alpha value is -3.17. The lowest BCUT2D eigenvalue weighted by molar-refractivity contribution is 0.0980. The SMILES string of the molecule is CCS(=O)(=O)c1ccccc1C(=O)N(Cc1ccco1)c1nc2cc(OC)ccc2s1. The predicted molar refractivity (Wildman–Crippen MR) is 120 cm³/mol. The van der Waals surface area contributed by atoms with Crippen LogP contribution < -0.4 is 9.64 Å². The summed E-state index contributed by atoms with van der Waals surface area (Å²) in [4.78, 5) is 19.7. The molecule has 0 saturated heterocycles. The number of benzene rings is 2. The minimum absolute atomic E-state index is 0.00900. The van der Waals surface area contributed by atoms with E-state index in [1.54, 1.807) is 44.4 Å². The van der Waals surface area contributed by atoms with Crippen molar-refractivity contribution in [3.05, 3.63) is 72.2 Å². The van der Waals surface area contributed by atoms with Crippen molar-refractivity contribution in [2.45, 2.75) is 18.4 Å². The number of ether oxygens (including phenoxy) is 1. The van der Waals surface area contributed by atoms with E-state index in [0.29, 0.717) is 22.2 Å². The molecule has 31 heavy (non-hydrogen) atoms. The molecule has 0 aliphatic heterocycles. The van der Waals surface area contributed by atoms with Gasteiger partial charge in [-0.1, -0.05) is 30.4 Å². The Bertz CT molecular complexity index is 1330. The molecule has 0 radical (unpaired) electrons. The molecular weight excluding hydrogens is 436 g/mol. The fourth-order valence-electron chi connectivity index (χ4n) is 3.14. The van der Waals surface area contributed by atoms with Crippen LogP contribution in [0.15, 0.2) is 70.2 Å². The summed E-state index contributed by atoms with van der Waals surface area (Å²) in [6, 6.07) is 15.2. The van der Waals surface area contributed by atoms with Gasteiger partial charge in [-0.25, -0.2) is 13.4 Å². The van der Waals surface area contributed by atoms with Gasteiger partial charge >= 0.3 is 0 Å². The summed E-state index contributed by atoms with van der Waals surface area (Å²) in [5.74, 6) is 0.653. The number of amides is 1. The first-order valence-electron chi connectivity index (χ1n) is 9.53. The molecule has 9 heteroatoms. The van der Waals surface area contributed by atoms with Gasteiger partial charge in [-0.2, -0.15) is 0 Å². The van der Waals surface area contributed by atoms with E-state index < -0.39 is 15.7 Å². The highest BCUT2D eigenvalue weighted by Crippen LogP contribution is 2.33. The lowest BCUT2D eigenvalue weighted by atomic mass is 10.2. The van der Waals surface area contributed by atoms with Gasteiger partial charge in [0.15, 0.2) is 15.0 Å². The minimum atomic E-state index is -3.59. The van der Waals surface area contributed by atoms with Gasteiger partial charge in [0, 0.05) is 6.07 Å². The van der Waals surface area contributed by atoms with E-state index in [4.69, 9.17) is 9.15 Å². The smallest absolute Gasteiger partial charge is 0.261 e. The van der Waals surface area contributed by atoms with E-state index in [0.717, 1.165) is 4.70 Å². The molecule has 0 saturated carbocycles. The molecular formula is C22H20N2O5S2. The van der Waals surface area contributed by atoms with Crippen LogP contribution >= 0.6 is 11.3 Å². The highest BCUT2D eigenvalue weighted by molar-refractivity contribution is 7.91. The third-order valence-electron chi connectivity index (χ3n) is 4.79. The van der Waals surface area contributed by atoms with E-state index >= 15 is 0 Å². The molecule has 4 rings (SSSR count). The monoisotopic (exact) mass is 456 g/mol. The second-order valence-electron chi connectivity index (χ2n) is 6.70. The van der Waals surface area contributed by atoms with Crippen molar-refractivity contribution in [3.63, 3.8) is 0 Å². The number of methoxy groups -OCH3 is 1. The zero-order valence-electron chi connectivity index (χ0n) is 16.9. The third kappa shape index (κ3) is 4.19. The quantitative estimate of drug-likeness (QED) is 0.406. The van der Waals surface area contributed by atoms with Crippen molar-refractivity contribution in [3.8, 4) is 5.75 Å². The summed E-state index contributed by atoms with van der Waals surface area (Å²) >= 11 is 1.34. The Labute approximate surface area is 183 Å². The highest BCUT2D eigenvalue weighted by Gasteiger charge is 2.28. The Morgan fingerprint density at radius 2 is 1.97 bits per heavy atom. The van der Waals surface area contributed by atoms with Gasteiger partial charge in [0.05, 0.1) is 46.3 Å². The Kier molecular flexibility index (Phi) is 5.79. The van der Waals surface area contributed by atoms with Crippen molar-refractivity contribution in [1.29, 1.82) is 0 Å². The standard InChI is InChI=1S/C22H20N2O5S2/c1-3-31(26,27)20-9-5-4-8-17(20)21(25)24(14-16-7-6-12-29-16)22-23-18-13-15(28-2)10-11-19(18)30-22/h4-13H,3,14H2,1-2H3. The normalized spacial score (nSPS) is 11.5. The van der Waals surface area contributed by atoms with Crippen LogP contribution in [0.2, 0.25) is 0 Å². The number of carbonyl (C=O) groups excluding carboxylic acids is 1. The average Bonchev–Trinajstić information content (AvgIpc) is 3.45. The zero-order valence-corrected chi connectivity index (χ0v) is 18.6. The number of thiazole rings is 1. The second-order valence-corrected chi connectivity index (χ2v) is 9.96. The molecule has 0 aliphatic carbocycles. The summed E-state index contributed by atoms with van der Waals surface area (Å²) in [7, 11) is -2.01. The molecule has 0 N–H and O–H groups in total. The van der Waals surface area contributed by atoms with Crippen LogP contribution in [0.1, 0.15) is 23.0 Å². The fourth-order valence-corrected chi connectivity index (χ4v) is 5.17. The van der Waals surface area contributed by atoms with Gasteiger partial charge < -0.3 is 9.15 Å². The highest BCUT2D eigenvalue weighted by atomic mass is 32.2. The Morgan fingerprint density at radius 3 is 2.68 bits per heavy atom. The van der Waals surface area contributed by atoms with Crippen molar-refractivity contribution in [1.82, 2.24) is 4.98 Å². The molecule has 4 aromatic rings. The average molecular weight is 457 g/mol. The number of anilines is 1. The van der Waals surface area contributed by atoms with E-state index in [2.05, 4.69) is 4.98 Å².